The molecule has 6 nitrogen and oxygen atoms in total. The van der Waals surface area contributed by atoms with E-state index >= 15 is 0 Å². The van der Waals surface area contributed by atoms with Crippen molar-refractivity contribution in [1.29, 1.82) is 0 Å². The van der Waals surface area contributed by atoms with Crippen molar-refractivity contribution >= 4 is 45.5 Å². The van der Waals surface area contributed by atoms with E-state index in [0.29, 0.717) is 5.76 Å². The van der Waals surface area contributed by atoms with Gasteiger partial charge in [0.25, 0.3) is 11.8 Å². The zero-order valence-corrected chi connectivity index (χ0v) is 16.3. The maximum atomic E-state index is 13.2. The second kappa shape index (κ2) is 7.48. The molecule has 0 aliphatic carbocycles. The Kier molecular flexibility index (Phi) is 4.85. The molecular weight excluding hydrogens is 443 g/mol. The van der Waals surface area contributed by atoms with Crippen LogP contribution in [0.2, 0.25) is 0 Å². The summed E-state index contributed by atoms with van der Waals surface area (Å²) >= 11 is 3.36. The molecule has 0 atom stereocenters. The lowest BCUT2D eigenvalue weighted by atomic mass is 10.1. The largest absolute Gasteiger partial charge is 0.457 e. The molecule has 0 bridgehead atoms. The Morgan fingerprint density at radius 1 is 0.931 bits per heavy atom. The first-order valence-electron chi connectivity index (χ1n) is 8.45. The number of furan rings is 1. The number of hydrogen-bond donors (Lipinski definition) is 1. The summed E-state index contributed by atoms with van der Waals surface area (Å²) in [6.45, 7) is 0. The Balaban J connectivity index is 1.66. The van der Waals surface area contributed by atoms with Gasteiger partial charge in [-0.3, -0.25) is 14.9 Å². The second-order valence-corrected chi connectivity index (χ2v) is 7.06. The summed E-state index contributed by atoms with van der Waals surface area (Å²) in [4.78, 5) is 37.9. The molecule has 1 aliphatic heterocycles. The molecule has 8 heteroatoms. The van der Waals surface area contributed by atoms with Gasteiger partial charge < -0.3 is 4.42 Å². The number of urea groups is 1. The Morgan fingerprint density at radius 3 is 2.31 bits per heavy atom. The van der Waals surface area contributed by atoms with Gasteiger partial charge in [0.05, 0.1) is 5.69 Å². The molecule has 1 aromatic heterocycles. The highest BCUT2D eigenvalue weighted by Gasteiger charge is 2.37. The van der Waals surface area contributed by atoms with E-state index in [2.05, 4.69) is 21.2 Å². The van der Waals surface area contributed by atoms with Crippen LogP contribution in [0.3, 0.4) is 0 Å². The van der Waals surface area contributed by atoms with Crippen LogP contribution in [0, 0.1) is 5.82 Å². The topological polar surface area (TPSA) is 79.6 Å². The summed E-state index contributed by atoms with van der Waals surface area (Å²) < 4.78 is 19.8. The van der Waals surface area contributed by atoms with Crippen molar-refractivity contribution < 1.29 is 23.2 Å². The minimum atomic E-state index is -0.904. The number of amides is 4. The van der Waals surface area contributed by atoms with Gasteiger partial charge in [-0.2, -0.15) is 0 Å². The molecule has 2 heterocycles. The van der Waals surface area contributed by atoms with Crippen molar-refractivity contribution in [2.75, 3.05) is 4.90 Å². The summed E-state index contributed by atoms with van der Waals surface area (Å²) in [5, 5.41) is 2.11. The number of imide groups is 2. The van der Waals surface area contributed by atoms with Gasteiger partial charge in [-0.15, -0.1) is 0 Å². The van der Waals surface area contributed by atoms with Crippen molar-refractivity contribution in [3.63, 3.8) is 0 Å². The van der Waals surface area contributed by atoms with Gasteiger partial charge in [0, 0.05) is 10.0 Å². The van der Waals surface area contributed by atoms with Crippen LogP contribution < -0.4 is 10.2 Å². The van der Waals surface area contributed by atoms with Crippen molar-refractivity contribution in [3.8, 4) is 11.3 Å². The summed E-state index contributed by atoms with van der Waals surface area (Å²) in [7, 11) is 0. The standard InChI is InChI=1S/C21H12BrFN2O4/c22-13-3-1-12(2-4-13)18-10-9-16(29-18)11-17-19(26)24-21(28)25(20(17)27)15-7-5-14(23)6-8-15/h1-11H,(H,24,26,28)/b17-11-. The number of carbonyl (C=O) groups is 3. The molecule has 144 valence electrons. The highest BCUT2D eigenvalue weighted by molar-refractivity contribution is 9.10. The number of hydrogen-bond acceptors (Lipinski definition) is 4. The van der Waals surface area contributed by atoms with E-state index in [1.165, 1.54) is 18.2 Å². The second-order valence-electron chi connectivity index (χ2n) is 6.14. The number of benzene rings is 2. The fourth-order valence-corrected chi connectivity index (χ4v) is 3.09. The lowest BCUT2D eigenvalue weighted by Gasteiger charge is -2.26. The van der Waals surface area contributed by atoms with Crippen molar-refractivity contribution in [3.05, 3.63) is 82.3 Å². The number of anilines is 1. The van der Waals surface area contributed by atoms with E-state index in [-0.39, 0.29) is 17.0 Å². The zero-order valence-electron chi connectivity index (χ0n) is 14.7. The maximum absolute atomic E-state index is 13.2. The molecule has 0 spiro atoms. The van der Waals surface area contributed by atoms with Crippen LogP contribution in [-0.2, 0) is 9.59 Å². The Labute approximate surface area is 172 Å². The molecular formula is C21H12BrFN2O4. The molecule has 1 saturated heterocycles. The first kappa shape index (κ1) is 18.8. The van der Waals surface area contributed by atoms with E-state index in [9.17, 15) is 18.8 Å². The number of nitrogens with zero attached hydrogens (tertiary/aromatic N) is 1. The predicted molar refractivity (Wildman–Crippen MR) is 107 cm³/mol. The lowest BCUT2D eigenvalue weighted by molar-refractivity contribution is -0.122. The first-order valence-corrected chi connectivity index (χ1v) is 9.24. The van der Waals surface area contributed by atoms with E-state index < -0.39 is 23.7 Å². The third-order valence-electron chi connectivity index (χ3n) is 4.23. The van der Waals surface area contributed by atoms with Gasteiger partial charge in [0.1, 0.15) is 22.9 Å². The first-order chi connectivity index (χ1) is 13.9. The molecule has 0 radical (unpaired) electrons. The number of halogens is 2. The molecule has 0 unspecified atom stereocenters. The van der Waals surface area contributed by atoms with Crippen molar-refractivity contribution in [2.24, 2.45) is 0 Å². The minimum absolute atomic E-state index is 0.141. The third kappa shape index (κ3) is 3.74. The Morgan fingerprint density at radius 2 is 1.62 bits per heavy atom. The van der Waals surface area contributed by atoms with Crippen LogP contribution in [0.4, 0.5) is 14.9 Å². The van der Waals surface area contributed by atoms with Crippen LogP contribution >= 0.6 is 15.9 Å². The number of nitrogens with one attached hydrogen (secondary N) is 1. The number of carbonyl (C=O) groups excluding carboxylic acids is 3. The van der Waals surface area contributed by atoms with Gasteiger partial charge in [-0.05, 0) is 54.6 Å². The fraction of sp³-hybridized carbons (Fsp3) is 0. The summed E-state index contributed by atoms with van der Waals surface area (Å²) in [5.41, 5.74) is 0.688. The van der Waals surface area contributed by atoms with Crippen molar-refractivity contribution in [2.45, 2.75) is 0 Å². The number of barbiturate groups is 1. The van der Waals surface area contributed by atoms with Gasteiger partial charge in [0.15, 0.2) is 0 Å². The predicted octanol–water partition coefficient (Wildman–Crippen LogP) is 4.51. The van der Waals surface area contributed by atoms with Crippen LogP contribution in [0.25, 0.3) is 17.4 Å². The highest BCUT2D eigenvalue weighted by atomic mass is 79.9. The SMILES string of the molecule is O=C1NC(=O)N(c2ccc(F)cc2)C(=O)/C1=C\c1ccc(-c2ccc(Br)cc2)o1. The molecule has 4 rings (SSSR count). The molecule has 4 amide bonds. The molecule has 0 saturated carbocycles. The van der Waals surface area contributed by atoms with E-state index in [1.807, 2.05) is 24.3 Å². The maximum Gasteiger partial charge on any atom is 0.335 e. The van der Waals surface area contributed by atoms with Crippen LogP contribution in [0.1, 0.15) is 5.76 Å². The van der Waals surface area contributed by atoms with Gasteiger partial charge in [-0.25, -0.2) is 14.1 Å². The summed E-state index contributed by atoms with van der Waals surface area (Å²) in [6, 6.07) is 14.6. The van der Waals surface area contributed by atoms with Crippen LogP contribution in [-0.4, -0.2) is 17.8 Å². The van der Waals surface area contributed by atoms with Crippen LogP contribution in [0.15, 0.2) is 75.1 Å². The third-order valence-corrected chi connectivity index (χ3v) is 4.76. The van der Waals surface area contributed by atoms with Gasteiger partial charge in [0.2, 0.25) is 0 Å². The molecule has 3 aromatic rings. The normalized spacial score (nSPS) is 15.7. The summed E-state index contributed by atoms with van der Waals surface area (Å²) in [5.74, 6) is -1.34. The molecule has 1 aliphatic rings. The van der Waals surface area contributed by atoms with E-state index in [4.69, 9.17) is 4.42 Å². The molecule has 1 fully saturated rings. The van der Waals surface area contributed by atoms with E-state index in [1.54, 1.807) is 12.1 Å². The molecule has 2 aromatic carbocycles. The highest BCUT2D eigenvalue weighted by Crippen LogP contribution is 2.26. The molecule has 29 heavy (non-hydrogen) atoms. The quantitative estimate of drug-likeness (QED) is 0.466. The number of rotatable bonds is 3. The molecule has 1 N–H and O–H groups in total. The van der Waals surface area contributed by atoms with E-state index in [0.717, 1.165) is 27.1 Å². The fourth-order valence-electron chi connectivity index (χ4n) is 2.82. The lowest BCUT2D eigenvalue weighted by Crippen LogP contribution is -2.54. The summed E-state index contributed by atoms with van der Waals surface area (Å²) in [6.07, 6.45) is 1.27. The Hall–Kier alpha value is -3.52. The van der Waals surface area contributed by atoms with Crippen LogP contribution in [0.5, 0.6) is 0 Å². The van der Waals surface area contributed by atoms with Crippen molar-refractivity contribution in [1.82, 2.24) is 5.32 Å². The average Bonchev–Trinajstić information content (AvgIpc) is 3.16. The minimum Gasteiger partial charge on any atom is -0.457 e. The monoisotopic (exact) mass is 454 g/mol. The van der Waals surface area contributed by atoms with Gasteiger partial charge in [-0.1, -0.05) is 28.1 Å². The smallest absolute Gasteiger partial charge is 0.335 e. The zero-order chi connectivity index (χ0) is 20.5. The van der Waals surface area contributed by atoms with Gasteiger partial charge >= 0.3 is 6.03 Å². The Bertz CT molecular complexity index is 1150. The average molecular weight is 455 g/mol.